The molecule has 2 nitrogen and oxygen atoms in total. The van der Waals surface area contributed by atoms with Crippen LogP contribution in [0.15, 0.2) is 36.5 Å². The molecule has 0 atom stereocenters. The van der Waals surface area contributed by atoms with E-state index in [1.54, 1.807) is 13.1 Å². The topological polar surface area (TPSA) is 30.0 Å². The van der Waals surface area contributed by atoms with Crippen molar-refractivity contribution in [3.8, 4) is 11.1 Å². The van der Waals surface area contributed by atoms with Crippen LogP contribution in [0, 0.1) is 0 Å². The fourth-order valence-corrected chi connectivity index (χ4v) is 1.98. The molecular formula is C11H9NOS. The minimum Gasteiger partial charge on any atom is -0.294 e. The summed E-state index contributed by atoms with van der Waals surface area (Å²) in [5.74, 6) is 0.0753. The van der Waals surface area contributed by atoms with Gasteiger partial charge in [-0.25, -0.2) is 0 Å². The summed E-state index contributed by atoms with van der Waals surface area (Å²) in [7, 11) is 0. The smallest absolute Gasteiger partial charge is 0.171 e. The molecule has 1 aromatic carbocycles. The molecule has 2 aromatic rings. The van der Waals surface area contributed by atoms with Crippen LogP contribution < -0.4 is 0 Å². The zero-order valence-electron chi connectivity index (χ0n) is 7.73. The van der Waals surface area contributed by atoms with Crippen LogP contribution in [-0.2, 0) is 0 Å². The van der Waals surface area contributed by atoms with E-state index in [4.69, 9.17) is 0 Å². The van der Waals surface area contributed by atoms with Crippen molar-refractivity contribution in [1.82, 2.24) is 4.37 Å². The molecule has 0 spiro atoms. The fourth-order valence-electron chi connectivity index (χ4n) is 1.32. The number of aromatic nitrogens is 1. The van der Waals surface area contributed by atoms with Crippen molar-refractivity contribution >= 4 is 17.3 Å². The van der Waals surface area contributed by atoms with Gasteiger partial charge >= 0.3 is 0 Å². The predicted molar refractivity (Wildman–Crippen MR) is 57.6 cm³/mol. The van der Waals surface area contributed by atoms with Gasteiger partial charge in [0.25, 0.3) is 0 Å². The lowest BCUT2D eigenvalue weighted by Crippen LogP contribution is -1.89. The summed E-state index contributed by atoms with van der Waals surface area (Å²) in [6, 6.07) is 9.83. The van der Waals surface area contributed by atoms with E-state index in [0.717, 1.165) is 16.0 Å². The van der Waals surface area contributed by atoms with Gasteiger partial charge in [-0.3, -0.25) is 4.79 Å². The van der Waals surface area contributed by atoms with E-state index in [2.05, 4.69) is 4.37 Å². The quantitative estimate of drug-likeness (QED) is 0.702. The lowest BCUT2D eigenvalue weighted by molar-refractivity contribution is 0.102. The van der Waals surface area contributed by atoms with Crippen molar-refractivity contribution in [1.29, 1.82) is 0 Å². The summed E-state index contributed by atoms with van der Waals surface area (Å²) in [6.07, 6.45) is 1.75. The average Bonchev–Trinajstić information content (AvgIpc) is 2.67. The molecule has 0 aliphatic heterocycles. The normalized spacial score (nSPS) is 10.1. The summed E-state index contributed by atoms with van der Waals surface area (Å²) < 4.78 is 4.04. The number of rotatable bonds is 2. The van der Waals surface area contributed by atoms with Gasteiger partial charge in [-0.15, -0.1) is 0 Å². The van der Waals surface area contributed by atoms with Crippen molar-refractivity contribution in [3.63, 3.8) is 0 Å². The third-order valence-corrected chi connectivity index (χ3v) is 2.88. The van der Waals surface area contributed by atoms with Crippen LogP contribution in [0.3, 0.4) is 0 Å². The van der Waals surface area contributed by atoms with Gasteiger partial charge in [0, 0.05) is 18.7 Å². The second kappa shape index (κ2) is 3.72. The van der Waals surface area contributed by atoms with Crippen molar-refractivity contribution in [2.75, 3.05) is 0 Å². The van der Waals surface area contributed by atoms with Crippen LogP contribution in [0.1, 0.15) is 16.6 Å². The summed E-state index contributed by atoms with van der Waals surface area (Å²) in [6.45, 7) is 1.57. The van der Waals surface area contributed by atoms with Crippen LogP contribution in [0.4, 0.5) is 0 Å². The summed E-state index contributed by atoms with van der Waals surface area (Å²) in [4.78, 5) is 12.0. The molecule has 2 rings (SSSR count). The minimum absolute atomic E-state index is 0.0753. The number of hydrogen-bond acceptors (Lipinski definition) is 3. The number of hydrogen-bond donors (Lipinski definition) is 0. The zero-order valence-corrected chi connectivity index (χ0v) is 8.54. The molecule has 3 heteroatoms. The molecule has 14 heavy (non-hydrogen) atoms. The molecule has 0 aliphatic rings. The number of nitrogens with zero attached hydrogens (tertiary/aromatic N) is 1. The fraction of sp³-hybridized carbons (Fsp3) is 0.0909. The van der Waals surface area contributed by atoms with Gasteiger partial charge in [-0.2, -0.15) is 4.37 Å². The number of benzene rings is 1. The molecule has 0 fully saturated rings. The maximum atomic E-state index is 11.3. The predicted octanol–water partition coefficient (Wildman–Crippen LogP) is 3.01. The van der Waals surface area contributed by atoms with Crippen LogP contribution in [-0.4, -0.2) is 10.2 Å². The van der Waals surface area contributed by atoms with Crippen LogP contribution in [0.2, 0.25) is 0 Å². The largest absolute Gasteiger partial charge is 0.294 e. The van der Waals surface area contributed by atoms with E-state index in [1.807, 2.05) is 30.3 Å². The van der Waals surface area contributed by atoms with Gasteiger partial charge < -0.3 is 0 Å². The molecule has 0 aliphatic carbocycles. The molecule has 70 valence electrons. The molecular weight excluding hydrogens is 194 g/mol. The van der Waals surface area contributed by atoms with Gasteiger partial charge in [-0.1, -0.05) is 30.3 Å². The Bertz CT molecular complexity index is 447. The highest BCUT2D eigenvalue weighted by Gasteiger charge is 2.11. The standard InChI is InChI=1S/C11H9NOS/c1-8(13)11-10(7-12-14-11)9-5-3-2-4-6-9/h2-7H,1H3. The van der Waals surface area contributed by atoms with Crippen molar-refractivity contribution in [2.24, 2.45) is 0 Å². The van der Waals surface area contributed by atoms with Crippen LogP contribution in [0.25, 0.3) is 11.1 Å². The maximum Gasteiger partial charge on any atom is 0.171 e. The van der Waals surface area contributed by atoms with Crippen molar-refractivity contribution < 1.29 is 4.79 Å². The van der Waals surface area contributed by atoms with E-state index in [0.29, 0.717) is 0 Å². The first-order valence-corrected chi connectivity index (χ1v) is 5.07. The highest BCUT2D eigenvalue weighted by atomic mass is 32.1. The van der Waals surface area contributed by atoms with E-state index in [1.165, 1.54) is 11.5 Å². The monoisotopic (exact) mass is 203 g/mol. The molecule has 0 N–H and O–H groups in total. The van der Waals surface area contributed by atoms with Crippen molar-refractivity contribution in [2.45, 2.75) is 6.92 Å². The van der Waals surface area contributed by atoms with Gasteiger partial charge in [-0.05, 0) is 17.1 Å². The van der Waals surface area contributed by atoms with Gasteiger partial charge in [0.15, 0.2) is 5.78 Å². The Balaban J connectivity index is 2.52. The molecule has 1 aromatic heterocycles. The molecule has 0 saturated heterocycles. The summed E-state index contributed by atoms with van der Waals surface area (Å²) >= 11 is 1.25. The van der Waals surface area contributed by atoms with Crippen LogP contribution in [0.5, 0.6) is 0 Å². The van der Waals surface area contributed by atoms with E-state index >= 15 is 0 Å². The van der Waals surface area contributed by atoms with Gasteiger partial charge in [0.2, 0.25) is 0 Å². The molecule has 0 radical (unpaired) electrons. The Hall–Kier alpha value is -1.48. The average molecular weight is 203 g/mol. The Morgan fingerprint density at radius 3 is 2.64 bits per heavy atom. The molecule has 0 bridgehead atoms. The Morgan fingerprint density at radius 1 is 1.29 bits per heavy atom. The minimum atomic E-state index is 0.0753. The number of carbonyl (C=O) groups excluding carboxylic acids is 1. The second-order valence-corrected chi connectivity index (χ2v) is 3.79. The zero-order chi connectivity index (χ0) is 9.97. The third-order valence-electron chi connectivity index (χ3n) is 1.97. The highest BCUT2D eigenvalue weighted by molar-refractivity contribution is 7.08. The molecule has 0 amide bonds. The molecule has 1 heterocycles. The Morgan fingerprint density at radius 2 is 2.00 bits per heavy atom. The first kappa shape index (κ1) is 9.09. The van der Waals surface area contributed by atoms with Gasteiger partial charge in [0.05, 0.1) is 4.88 Å². The third kappa shape index (κ3) is 1.59. The molecule has 0 unspecified atom stereocenters. The van der Waals surface area contributed by atoms with Gasteiger partial charge in [0.1, 0.15) is 0 Å². The van der Waals surface area contributed by atoms with E-state index in [9.17, 15) is 4.79 Å². The number of Topliss-reactive ketones (excluding diaryl/α,β-unsaturated/α-hetero) is 1. The van der Waals surface area contributed by atoms with Crippen LogP contribution >= 0.6 is 11.5 Å². The van der Waals surface area contributed by atoms with E-state index < -0.39 is 0 Å². The second-order valence-electron chi connectivity index (χ2n) is 2.99. The van der Waals surface area contributed by atoms with Crippen molar-refractivity contribution in [3.05, 3.63) is 41.4 Å². The number of carbonyl (C=O) groups is 1. The Labute approximate surface area is 86.4 Å². The lowest BCUT2D eigenvalue weighted by atomic mass is 10.1. The summed E-state index contributed by atoms with van der Waals surface area (Å²) in [5, 5.41) is 0. The first-order chi connectivity index (χ1) is 6.79. The Kier molecular flexibility index (Phi) is 2.41. The molecule has 0 saturated carbocycles. The SMILES string of the molecule is CC(=O)c1sncc1-c1ccccc1. The van der Waals surface area contributed by atoms with E-state index in [-0.39, 0.29) is 5.78 Å². The summed E-state index contributed by atoms with van der Waals surface area (Å²) in [5.41, 5.74) is 1.98. The first-order valence-electron chi connectivity index (χ1n) is 4.30. The maximum absolute atomic E-state index is 11.3. The lowest BCUT2D eigenvalue weighted by Gasteiger charge is -1.98. The highest BCUT2D eigenvalue weighted by Crippen LogP contribution is 2.26. The number of ketones is 1.